The highest BCUT2D eigenvalue weighted by molar-refractivity contribution is 5.82. The second-order valence-electron chi connectivity index (χ2n) is 4.57. The summed E-state index contributed by atoms with van der Waals surface area (Å²) >= 11 is 0. The van der Waals surface area contributed by atoms with Crippen molar-refractivity contribution >= 4 is 12.7 Å². The van der Waals surface area contributed by atoms with Gasteiger partial charge in [0.15, 0.2) is 0 Å². The standard InChI is InChI=1S/C16H18N2O2.CH2O/c1-18-16(20)14(17)15(19)13-9-7-12(8-10-13)11-5-3-2-4-6-11;1-2/h2-10,14-15,19H,17H2,1H3,(H,18,20);1H2. The lowest BCUT2D eigenvalue weighted by atomic mass is 9.98. The lowest BCUT2D eigenvalue weighted by Gasteiger charge is -2.18. The Morgan fingerprint density at radius 3 is 2.05 bits per heavy atom. The molecule has 0 aliphatic rings. The van der Waals surface area contributed by atoms with Crippen molar-refractivity contribution in [1.82, 2.24) is 5.32 Å². The number of nitrogens with two attached hydrogens (primary N) is 1. The first-order valence-electron chi connectivity index (χ1n) is 6.73. The molecule has 0 aliphatic carbocycles. The van der Waals surface area contributed by atoms with Crippen molar-refractivity contribution in [3.63, 3.8) is 0 Å². The lowest BCUT2D eigenvalue weighted by molar-refractivity contribution is -0.124. The van der Waals surface area contributed by atoms with Gasteiger partial charge in [-0.3, -0.25) is 4.79 Å². The van der Waals surface area contributed by atoms with Crippen LogP contribution in [0.1, 0.15) is 11.7 Å². The Labute approximate surface area is 129 Å². The molecule has 2 unspecified atom stereocenters. The number of hydrogen-bond donors (Lipinski definition) is 3. The van der Waals surface area contributed by atoms with Gasteiger partial charge in [-0.05, 0) is 16.7 Å². The smallest absolute Gasteiger partial charge is 0.239 e. The zero-order chi connectivity index (χ0) is 16.5. The molecule has 0 aliphatic heterocycles. The number of aliphatic hydroxyl groups is 1. The fourth-order valence-corrected chi connectivity index (χ4v) is 2.02. The van der Waals surface area contributed by atoms with Crippen LogP contribution in [-0.4, -0.2) is 30.9 Å². The number of likely N-dealkylation sites (N-methyl/N-ethyl adjacent to an activating group) is 1. The SMILES string of the molecule is C=O.CNC(=O)C(N)C(O)c1ccc(-c2ccccc2)cc1. The molecule has 2 rings (SSSR count). The van der Waals surface area contributed by atoms with Gasteiger partial charge < -0.3 is 21.0 Å². The quantitative estimate of drug-likeness (QED) is 0.793. The monoisotopic (exact) mass is 300 g/mol. The van der Waals surface area contributed by atoms with E-state index in [1.807, 2.05) is 49.3 Å². The van der Waals surface area contributed by atoms with Crippen LogP contribution in [-0.2, 0) is 9.59 Å². The molecule has 2 atom stereocenters. The fraction of sp³-hybridized carbons (Fsp3) is 0.176. The van der Waals surface area contributed by atoms with E-state index in [0.29, 0.717) is 5.56 Å². The molecule has 0 bridgehead atoms. The average molecular weight is 300 g/mol. The van der Waals surface area contributed by atoms with Gasteiger partial charge in [0.1, 0.15) is 18.9 Å². The van der Waals surface area contributed by atoms with E-state index in [0.717, 1.165) is 11.1 Å². The molecule has 0 spiro atoms. The number of amides is 1. The first-order chi connectivity index (χ1) is 10.6. The Balaban J connectivity index is 0.00000116. The van der Waals surface area contributed by atoms with Crippen molar-refractivity contribution in [2.75, 3.05) is 7.05 Å². The third kappa shape index (κ3) is 4.25. The van der Waals surface area contributed by atoms with Crippen molar-refractivity contribution in [3.8, 4) is 11.1 Å². The minimum atomic E-state index is -1.01. The van der Waals surface area contributed by atoms with Gasteiger partial charge in [-0.25, -0.2) is 0 Å². The third-order valence-electron chi connectivity index (χ3n) is 3.25. The van der Waals surface area contributed by atoms with Crippen molar-refractivity contribution in [2.24, 2.45) is 5.73 Å². The highest BCUT2D eigenvalue weighted by atomic mass is 16.3. The van der Waals surface area contributed by atoms with E-state index in [4.69, 9.17) is 10.5 Å². The highest BCUT2D eigenvalue weighted by Crippen LogP contribution is 2.22. The predicted molar refractivity (Wildman–Crippen MR) is 86.0 cm³/mol. The Hall–Kier alpha value is -2.50. The molecule has 116 valence electrons. The topological polar surface area (TPSA) is 92.4 Å². The number of benzene rings is 2. The molecule has 1 amide bonds. The van der Waals surface area contributed by atoms with Gasteiger partial charge in [0.05, 0.1) is 0 Å². The van der Waals surface area contributed by atoms with Gasteiger partial charge in [0, 0.05) is 7.05 Å². The maximum absolute atomic E-state index is 11.4. The summed E-state index contributed by atoms with van der Waals surface area (Å²) in [7, 11) is 1.49. The Kier molecular flexibility index (Phi) is 6.95. The summed E-state index contributed by atoms with van der Waals surface area (Å²) in [6, 6.07) is 16.4. The molecule has 5 nitrogen and oxygen atoms in total. The average Bonchev–Trinajstić information content (AvgIpc) is 2.62. The summed E-state index contributed by atoms with van der Waals surface area (Å²) < 4.78 is 0. The first kappa shape index (κ1) is 17.6. The van der Waals surface area contributed by atoms with Crippen LogP contribution in [0.15, 0.2) is 54.6 Å². The summed E-state index contributed by atoms with van der Waals surface area (Å²) in [5.41, 5.74) is 8.47. The summed E-state index contributed by atoms with van der Waals surface area (Å²) in [6.45, 7) is 2.00. The fourth-order valence-electron chi connectivity index (χ4n) is 2.02. The van der Waals surface area contributed by atoms with E-state index >= 15 is 0 Å². The summed E-state index contributed by atoms with van der Waals surface area (Å²) in [6.07, 6.45) is -1.01. The summed E-state index contributed by atoms with van der Waals surface area (Å²) in [5.74, 6) is -0.385. The maximum Gasteiger partial charge on any atom is 0.239 e. The van der Waals surface area contributed by atoms with Gasteiger partial charge in [0.2, 0.25) is 5.91 Å². The molecular formula is C17H20N2O3. The maximum atomic E-state index is 11.4. The minimum Gasteiger partial charge on any atom is -0.386 e. The van der Waals surface area contributed by atoms with Crippen molar-refractivity contribution in [2.45, 2.75) is 12.1 Å². The van der Waals surface area contributed by atoms with Crippen molar-refractivity contribution in [3.05, 3.63) is 60.2 Å². The molecule has 0 heterocycles. The van der Waals surface area contributed by atoms with E-state index in [-0.39, 0.29) is 5.91 Å². The van der Waals surface area contributed by atoms with E-state index in [1.165, 1.54) is 7.05 Å². The van der Waals surface area contributed by atoms with Crippen molar-refractivity contribution in [1.29, 1.82) is 0 Å². The molecule has 5 heteroatoms. The first-order valence-corrected chi connectivity index (χ1v) is 6.73. The second kappa shape index (κ2) is 8.71. The molecule has 0 saturated carbocycles. The summed E-state index contributed by atoms with van der Waals surface area (Å²) in [5, 5.41) is 12.5. The minimum absolute atomic E-state index is 0.385. The molecule has 2 aromatic rings. The van der Waals surface area contributed by atoms with Crippen LogP contribution in [0.25, 0.3) is 11.1 Å². The second-order valence-corrected chi connectivity index (χ2v) is 4.57. The largest absolute Gasteiger partial charge is 0.386 e. The normalized spacial score (nSPS) is 12.5. The van der Waals surface area contributed by atoms with Crippen LogP contribution in [0.5, 0.6) is 0 Å². The third-order valence-corrected chi connectivity index (χ3v) is 3.25. The van der Waals surface area contributed by atoms with Crippen molar-refractivity contribution < 1.29 is 14.7 Å². The predicted octanol–water partition coefficient (Wildman–Crippen LogP) is 1.28. The number of carbonyl (C=O) groups excluding carboxylic acids is 2. The highest BCUT2D eigenvalue weighted by Gasteiger charge is 2.22. The van der Waals surface area contributed by atoms with Crippen LogP contribution in [0.3, 0.4) is 0 Å². The molecule has 2 aromatic carbocycles. The van der Waals surface area contributed by atoms with E-state index in [2.05, 4.69) is 5.32 Å². The zero-order valence-electron chi connectivity index (χ0n) is 12.4. The number of carbonyl (C=O) groups is 2. The van der Waals surface area contributed by atoms with Crippen LogP contribution in [0.4, 0.5) is 0 Å². The number of hydrogen-bond acceptors (Lipinski definition) is 4. The lowest BCUT2D eigenvalue weighted by Crippen LogP contribution is -2.43. The molecule has 0 fully saturated rings. The molecule has 0 radical (unpaired) electrons. The molecule has 22 heavy (non-hydrogen) atoms. The Morgan fingerprint density at radius 1 is 1.05 bits per heavy atom. The van der Waals surface area contributed by atoms with Crippen LogP contribution in [0.2, 0.25) is 0 Å². The van der Waals surface area contributed by atoms with Gasteiger partial charge in [-0.1, -0.05) is 54.6 Å². The Bertz CT molecular complexity index is 585. The van der Waals surface area contributed by atoms with E-state index < -0.39 is 12.1 Å². The molecule has 0 aromatic heterocycles. The number of aliphatic hydroxyl groups excluding tert-OH is 1. The van der Waals surface area contributed by atoms with Gasteiger partial charge >= 0.3 is 0 Å². The number of nitrogens with one attached hydrogen (secondary N) is 1. The number of rotatable bonds is 4. The molecule has 4 N–H and O–H groups in total. The molecule has 0 saturated heterocycles. The van der Waals surface area contributed by atoms with Crippen LogP contribution < -0.4 is 11.1 Å². The van der Waals surface area contributed by atoms with Crippen LogP contribution in [0, 0.1) is 0 Å². The van der Waals surface area contributed by atoms with Crippen LogP contribution >= 0.6 is 0 Å². The van der Waals surface area contributed by atoms with Gasteiger partial charge in [0.25, 0.3) is 0 Å². The zero-order valence-corrected chi connectivity index (χ0v) is 12.4. The van der Waals surface area contributed by atoms with Gasteiger partial charge in [-0.15, -0.1) is 0 Å². The summed E-state index contributed by atoms with van der Waals surface area (Å²) in [4.78, 5) is 19.4. The van der Waals surface area contributed by atoms with E-state index in [1.54, 1.807) is 12.1 Å². The Morgan fingerprint density at radius 2 is 1.55 bits per heavy atom. The van der Waals surface area contributed by atoms with Gasteiger partial charge in [-0.2, -0.15) is 0 Å². The van der Waals surface area contributed by atoms with E-state index in [9.17, 15) is 9.90 Å². The molecular weight excluding hydrogens is 280 g/mol.